The number of carbonyl (C=O) groups is 2. The van der Waals surface area contributed by atoms with Crippen molar-refractivity contribution in [2.24, 2.45) is 5.92 Å². The largest absolute Gasteiger partial charge is 0.481 e. The number of alkyl halides is 3. The van der Waals surface area contributed by atoms with Gasteiger partial charge in [0, 0.05) is 32.6 Å². The first-order valence-corrected chi connectivity index (χ1v) is 5.47. The molecule has 0 aromatic rings. The molecule has 8 heteroatoms. The van der Waals surface area contributed by atoms with Gasteiger partial charge in [0.05, 0.1) is 12.8 Å². The molecule has 1 N–H and O–H groups in total. The summed E-state index contributed by atoms with van der Waals surface area (Å²) in [5.74, 6) is -1.03. The van der Waals surface area contributed by atoms with Gasteiger partial charge in [-0.25, -0.2) is 4.79 Å². The van der Waals surface area contributed by atoms with E-state index in [0.717, 1.165) is 4.90 Å². The zero-order chi connectivity index (χ0) is 13.9. The third-order valence-corrected chi connectivity index (χ3v) is 2.75. The highest BCUT2D eigenvalue weighted by Gasteiger charge is 2.34. The van der Waals surface area contributed by atoms with Crippen LogP contribution in [0.15, 0.2) is 0 Å². The van der Waals surface area contributed by atoms with Crippen molar-refractivity contribution >= 4 is 12.0 Å². The average molecular weight is 268 g/mol. The number of likely N-dealkylation sites (tertiary alicyclic amines) is 1. The number of rotatable bonds is 4. The molecule has 0 saturated carbocycles. The Morgan fingerprint density at radius 2 is 1.94 bits per heavy atom. The van der Waals surface area contributed by atoms with Crippen LogP contribution in [0, 0.1) is 5.92 Å². The van der Waals surface area contributed by atoms with Crippen molar-refractivity contribution < 1.29 is 27.9 Å². The highest BCUT2D eigenvalue weighted by atomic mass is 19.4. The van der Waals surface area contributed by atoms with Crippen LogP contribution in [0.5, 0.6) is 0 Å². The zero-order valence-electron chi connectivity index (χ0n) is 9.90. The molecule has 0 unspecified atom stereocenters. The molecule has 2 amide bonds. The maximum absolute atomic E-state index is 12.0. The van der Waals surface area contributed by atoms with Crippen LogP contribution >= 0.6 is 0 Å². The van der Waals surface area contributed by atoms with Crippen LogP contribution in [-0.4, -0.2) is 59.8 Å². The van der Waals surface area contributed by atoms with Gasteiger partial charge in [0.15, 0.2) is 0 Å². The number of urea groups is 1. The van der Waals surface area contributed by atoms with E-state index in [0.29, 0.717) is 13.1 Å². The van der Waals surface area contributed by atoms with Crippen LogP contribution in [0.2, 0.25) is 0 Å². The van der Waals surface area contributed by atoms with Gasteiger partial charge in [0.1, 0.15) is 0 Å². The number of hydrogen-bond donors (Lipinski definition) is 1. The molecule has 1 fully saturated rings. The molecule has 0 bridgehead atoms. The Morgan fingerprint density at radius 1 is 1.39 bits per heavy atom. The molecule has 18 heavy (non-hydrogen) atoms. The summed E-state index contributed by atoms with van der Waals surface area (Å²) in [5, 5.41) is 8.52. The van der Waals surface area contributed by atoms with Gasteiger partial charge < -0.3 is 14.9 Å². The van der Waals surface area contributed by atoms with E-state index >= 15 is 0 Å². The molecular formula is C10H15F3N2O3. The second-order valence-electron chi connectivity index (χ2n) is 4.44. The second kappa shape index (κ2) is 5.45. The Kier molecular flexibility index (Phi) is 4.42. The molecule has 0 atom stereocenters. The maximum Gasteiger partial charge on any atom is 0.390 e. The number of carbonyl (C=O) groups excluding carboxylic acids is 1. The third-order valence-electron chi connectivity index (χ3n) is 2.75. The minimum atomic E-state index is -4.28. The summed E-state index contributed by atoms with van der Waals surface area (Å²) in [5.41, 5.74) is 0. The number of nitrogens with zero attached hydrogens (tertiary/aromatic N) is 2. The molecule has 1 heterocycles. The Bertz CT molecular complexity index is 327. The summed E-state index contributed by atoms with van der Waals surface area (Å²) in [6.07, 6.45) is -5.34. The SMILES string of the molecule is CN(CCC(F)(F)F)C(=O)N1CC(CC(=O)O)C1. The Balaban J connectivity index is 2.28. The lowest BCUT2D eigenvalue weighted by molar-refractivity contribution is -0.140. The predicted octanol–water partition coefficient (Wildman–Crippen LogP) is 1.40. The second-order valence-corrected chi connectivity index (χ2v) is 4.44. The first-order valence-electron chi connectivity index (χ1n) is 5.47. The molecule has 0 aromatic heterocycles. The lowest BCUT2D eigenvalue weighted by Gasteiger charge is -2.40. The van der Waals surface area contributed by atoms with E-state index in [1.807, 2.05) is 0 Å². The Labute approximate surface area is 102 Å². The molecule has 0 spiro atoms. The standard InChI is InChI=1S/C10H15F3N2O3/c1-14(3-2-10(11,12)13)9(18)15-5-7(6-15)4-8(16)17/h7H,2-6H2,1H3,(H,16,17). The Hall–Kier alpha value is -1.47. The molecule has 1 rings (SSSR count). The number of carboxylic acid groups (broad SMARTS) is 1. The van der Waals surface area contributed by atoms with Crippen LogP contribution < -0.4 is 0 Å². The first-order chi connectivity index (χ1) is 8.19. The minimum absolute atomic E-state index is 0.0178. The van der Waals surface area contributed by atoms with Crippen molar-refractivity contribution in [3.8, 4) is 0 Å². The number of halogens is 3. The molecule has 1 saturated heterocycles. The van der Waals surface area contributed by atoms with E-state index in [1.165, 1.54) is 11.9 Å². The molecule has 0 radical (unpaired) electrons. The number of aliphatic carboxylic acids is 1. The van der Waals surface area contributed by atoms with E-state index in [2.05, 4.69) is 0 Å². The molecular weight excluding hydrogens is 253 g/mol. The van der Waals surface area contributed by atoms with E-state index in [1.54, 1.807) is 0 Å². The van der Waals surface area contributed by atoms with Crippen molar-refractivity contribution in [1.82, 2.24) is 9.80 Å². The van der Waals surface area contributed by atoms with E-state index < -0.39 is 24.6 Å². The fourth-order valence-electron chi connectivity index (χ4n) is 1.73. The smallest absolute Gasteiger partial charge is 0.390 e. The number of hydrogen-bond acceptors (Lipinski definition) is 2. The number of amides is 2. The Morgan fingerprint density at radius 3 is 2.39 bits per heavy atom. The summed E-state index contributed by atoms with van der Waals surface area (Å²) in [7, 11) is 1.30. The fraction of sp³-hybridized carbons (Fsp3) is 0.800. The highest BCUT2D eigenvalue weighted by Crippen LogP contribution is 2.22. The van der Waals surface area contributed by atoms with Gasteiger partial charge in [-0.2, -0.15) is 13.2 Å². The van der Waals surface area contributed by atoms with Gasteiger partial charge >= 0.3 is 18.2 Å². The van der Waals surface area contributed by atoms with Crippen molar-refractivity contribution in [3.05, 3.63) is 0 Å². The van der Waals surface area contributed by atoms with Crippen molar-refractivity contribution in [2.75, 3.05) is 26.7 Å². The van der Waals surface area contributed by atoms with Gasteiger partial charge in [-0.05, 0) is 0 Å². The van der Waals surface area contributed by atoms with Crippen molar-refractivity contribution in [3.63, 3.8) is 0 Å². The van der Waals surface area contributed by atoms with Crippen LogP contribution in [0.1, 0.15) is 12.8 Å². The highest BCUT2D eigenvalue weighted by molar-refractivity contribution is 5.75. The van der Waals surface area contributed by atoms with E-state index in [4.69, 9.17) is 5.11 Å². The summed E-state index contributed by atoms with van der Waals surface area (Å²) < 4.78 is 35.9. The monoisotopic (exact) mass is 268 g/mol. The summed E-state index contributed by atoms with van der Waals surface area (Å²) >= 11 is 0. The van der Waals surface area contributed by atoms with E-state index in [9.17, 15) is 22.8 Å². The maximum atomic E-state index is 12.0. The van der Waals surface area contributed by atoms with E-state index in [-0.39, 0.29) is 18.9 Å². The first kappa shape index (κ1) is 14.6. The van der Waals surface area contributed by atoms with Gasteiger partial charge in [0.2, 0.25) is 0 Å². The molecule has 1 aliphatic rings. The molecule has 5 nitrogen and oxygen atoms in total. The fourth-order valence-corrected chi connectivity index (χ4v) is 1.73. The summed E-state index contributed by atoms with van der Waals surface area (Å²) in [4.78, 5) is 24.4. The van der Waals surface area contributed by atoms with Crippen LogP contribution in [0.25, 0.3) is 0 Å². The summed E-state index contributed by atoms with van der Waals surface area (Å²) in [6, 6.07) is -0.485. The van der Waals surface area contributed by atoms with Gasteiger partial charge in [-0.15, -0.1) is 0 Å². The molecule has 104 valence electrons. The van der Waals surface area contributed by atoms with Gasteiger partial charge in [-0.3, -0.25) is 4.79 Å². The van der Waals surface area contributed by atoms with Crippen LogP contribution in [-0.2, 0) is 4.79 Å². The molecule has 0 aliphatic carbocycles. The minimum Gasteiger partial charge on any atom is -0.481 e. The van der Waals surface area contributed by atoms with Gasteiger partial charge in [-0.1, -0.05) is 0 Å². The predicted molar refractivity (Wildman–Crippen MR) is 56.0 cm³/mol. The normalized spacial score (nSPS) is 16.3. The lowest BCUT2D eigenvalue weighted by Crippen LogP contribution is -2.54. The number of carboxylic acids is 1. The van der Waals surface area contributed by atoms with Gasteiger partial charge in [0.25, 0.3) is 0 Å². The van der Waals surface area contributed by atoms with Crippen LogP contribution in [0.4, 0.5) is 18.0 Å². The third kappa shape index (κ3) is 4.42. The zero-order valence-corrected chi connectivity index (χ0v) is 9.90. The lowest BCUT2D eigenvalue weighted by atomic mass is 9.97. The van der Waals surface area contributed by atoms with Crippen molar-refractivity contribution in [2.45, 2.75) is 19.0 Å². The quantitative estimate of drug-likeness (QED) is 0.838. The molecule has 1 aliphatic heterocycles. The van der Waals surface area contributed by atoms with Crippen molar-refractivity contribution in [1.29, 1.82) is 0 Å². The average Bonchev–Trinajstić information content (AvgIpc) is 2.17. The topological polar surface area (TPSA) is 60.9 Å². The summed E-state index contributed by atoms with van der Waals surface area (Å²) in [6.45, 7) is 0.200. The molecule has 0 aromatic carbocycles. The van der Waals surface area contributed by atoms with Crippen LogP contribution in [0.3, 0.4) is 0 Å².